The van der Waals surface area contributed by atoms with Crippen molar-refractivity contribution in [3.8, 4) is 0 Å². The fourth-order valence-electron chi connectivity index (χ4n) is 1.81. The van der Waals surface area contributed by atoms with Gasteiger partial charge in [0.2, 0.25) is 0 Å². The van der Waals surface area contributed by atoms with E-state index in [0.29, 0.717) is 11.1 Å². The highest BCUT2D eigenvalue weighted by molar-refractivity contribution is 4.87. The van der Waals surface area contributed by atoms with Gasteiger partial charge in [-0.25, -0.2) is 0 Å². The number of nitrogens with one attached hydrogen (secondary N) is 1. The Morgan fingerprint density at radius 1 is 1.15 bits per heavy atom. The minimum atomic E-state index is 0.319. The average Bonchev–Trinajstić information content (AvgIpc) is 2.08. The summed E-state index contributed by atoms with van der Waals surface area (Å²) in [6, 6.07) is 0. The third-order valence-electron chi connectivity index (χ3n) is 2.94. The van der Waals surface area contributed by atoms with Crippen LogP contribution in [0, 0.1) is 0 Å². The summed E-state index contributed by atoms with van der Waals surface area (Å²) in [6.07, 6.45) is 1.24. The molecule has 0 spiro atoms. The van der Waals surface area contributed by atoms with Crippen molar-refractivity contribution in [2.45, 2.75) is 52.1 Å². The molecule has 0 atom stereocenters. The van der Waals surface area contributed by atoms with Gasteiger partial charge in [-0.1, -0.05) is 0 Å². The van der Waals surface area contributed by atoms with Gasteiger partial charge in [-0.05, 0) is 41.0 Å². The summed E-state index contributed by atoms with van der Waals surface area (Å²) in [7, 11) is 0. The number of nitrogens with zero attached hydrogens (tertiary/aromatic N) is 1. The molecule has 1 N–H and O–H groups in total. The van der Waals surface area contributed by atoms with Crippen molar-refractivity contribution in [2.24, 2.45) is 0 Å². The van der Waals surface area contributed by atoms with Crippen LogP contribution in [0.3, 0.4) is 0 Å². The zero-order valence-corrected chi connectivity index (χ0v) is 9.78. The van der Waals surface area contributed by atoms with Gasteiger partial charge in [0, 0.05) is 30.7 Å². The van der Waals surface area contributed by atoms with Gasteiger partial charge in [0.05, 0.1) is 0 Å². The minimum absolute atomic E-state index is 0.319. The minimum Gasteiger partial charge on any atom is -0.310 e. The quantitative estimate of drug-likeness (QED) is 0.618. The first kappa shape index (κ1) is 11.0. The van der Waals surface area contributed by atoms with Crippen molar-refractivity contribution in [1.29, 1.82) is 0 Å². The van der Waals surface area contributed by atoms with Crippen LogP contribution < -0.4 is 5.32 Å². The number of hydrogen-bond acceptors (Lipinski definition) is 2. The summed E-state index contributed by atoms with van der Waals surface area (Å²) < 4.78 is 0. The van der Waals surface area contributed by atoms with E-state index in [-0.39, 0.29) is 0 Å². The van der Waals surface area contributed by atoms with Crippen LogP contribution in [0.1, 0.15) is 41.0 Å². The zero-order valence-electron chi connectivity index (χ0n) is 9.78. The second-order valence-corrected chi connectivity index (χ2v) is 5.72. The van der Waals surface area contributed by atoms with Gasteiger partial charge in [-0.2, -0.15) is 0 Å². The zero-order chi connectivity index (χ0) is 10.1. The Morgan fingerprint density at radius 2 is 1.77 bits per heavy atom. The molecule has 0 aliphatic carbocycles. The molecule has 13 heavy (non-hydrogen) atoms. The van der Waals surface area contributed by atoms with Gasteiger partial charge < -0.3 is 5.32 Å². The van der Waals surface area contributed by atoms with Crippen LogP contribution in [0.2, 0.25) is 0 Å². The molecular formula is C11H24N2. The Balaban J connectivity index is 2.55. The van der Waals surface area contributed by atoms with E-state index in [1.165, 1.54) is 19.5 Å². The molecule has 1 fully saturated rings. The van der Waals surface area contributed by atoms with Gasteiger partial charge in [0.15, 0.2) is 0 Å². The maximum absolute atomic E-state index is 3.58. The highest BCUT2D eigenvalue weighted by Gasteiger charge is 2.27. The van der Waals surface area contributed by atoms with E-state index in [9.17, 15) is 0 Å². The highest BCUT2D eigenvalue weighted by Crippen LogP contribution is 2.19. The Bertz CT molecular complexity index is 167. The molecule has 0 aromatic heterocycles. The van der Waals surface area contributed by atoms with Gasteiger partial charge in [-0.15, -0.1) is 0 Å². The normalized spacial score (nSPS) is 25.6. The lowest BCUT2D eigenvalue weighted by atomic mass is 10.00. The van der Waals surface area contributed by atoms with Gasteiger partial charge >= 0.3 is 0 Å². The standard InChI is InChI=1S/C11H24N2/c1-10(2,3)13-8-6-11(4,5)12-7-9-13/h12H,6-9H2,1-5H3. The average molecular weight is 184 g/mol. The Kier molecular flexibility index (Phi) is 3.03. The summed E-state index contributed by atoms with van der Waals surface area (Å²) >= 11 is 0. The maximum Gasteiger partial charge on any atom is 0.0137 e. The van der Waals surface area contributed by atoms with Crippen LogP contribution >= 0.6 is 0 Å². The molecule has 0 bridgehead atoms. The molecule has 1 aliphatic heterocycles. The van der Waals surface area contributed by atoms with Crippen molar-refractivity contribution in [2.75, 3.05) is 19.6 Å². The molecule has 0 saturated carbocycles. The fraction of sp³-hybridized carbons (Fsp3) is 1.00. The Hall–Kier alpha value is -0.0800. The van der Waals surface area contributed by atoms with Gasteiger partial charge in [0.25, 0.3) is 0 Å². The first-order valence-corrected chi connectivity index (χ1v) is 5.31. The van der Waals surface area contributed by atoms with Gasteiger partial charge in [0.1, 0.15) is 0 Å². The van der Waals surface area contributed by atoms with Crippen LogP contribution in [-0.4, -0.2) is 35.6 Å². The van der Waals surface area contributed by atoms with E-state index >= 15 is 0 Å². The van der Waals surface area contributed by atoms with E-state index in [2.05, 4.69) is 44.8 Å². The summed E-state index contributed by atoms with van der Waals surface area (Å²) in [4.78, 5) is 2.56. The molecule has 0 aromatic rings. The molecule has 0 radical (unpaired) electrons. The van der Waals surface area contributed by atoms with E-state index in [0.717, 1.165) is 6.54 Å². The number of hydrogen-bond donors (Lipinski definition) is 1. The molecule has 1 heterocycles. The maximum atomic E-state index is 3.58. The summed E-state index contributed by atoms with van der Waals surface area (Å²) in [6.45, 7) is 15.0. The molecule has 1 saturated heterocycles. The lowest BCUT2D eigenvalue weighted by Gasteiger charge is -2.34. The molecule has 0 aromatic carbocycles. The first-order valence-electron chi connectivity index (χ1n) is 5.31. The molecular weight excluding hydrogens is 160 g/mol. The van der Waals surface area contributed by atoms with Crippen molar-refractivity contribution < 1.29 is 0 Å². The predicted octanol–water partition coefficient (Wildman–Crippen LogP) is 1.86. The second kappa shape index (κ2) is 3.58. The summed E-state index contributed by atoms with van der Waals surface area (Å²) in [5.41, 5.74) is 0.641. The summed E-state index contributed by atoms with van der Waals surface area (Å²) in [5, 5.41) is 3.58. The molecule has 1 aliphatic rings. The Labute approximate surface area is 82.7 Å². The Morgan fingerprint density at radius 3 is 2.31 bits per heavy atom. The number of rotatable bonds is 0. The lowest BCUT2D eigenvalue weighted by Crippen LogP contribution is -2.43. The molecule has 0 unspecified atom stereocenters. The van der Waals surface area contributed by atoms with Crippen LogP contribution in [0.25, 0.3) is 0 Å². The van der Waals surface area contributed by atoms with Crippen molar-refractivity contribution in [3.05, 3.63) is 0 Å². The van der Waals surface area contributed by atoms with E-state index in [1.54, 1.807) is 0 Å². The predicted molar refractivity (Wildman–Crippen MR) is 58.0 cm³/mol. The first-order chi connectivity index (χ1) is 5.81. The van der Waals surface area contributed by atoms with Crippen LogP contribution in [-0.2, 0) is 0 Å². The molecule has 2 heteroatoms. The molecule has 78 valence electrons. The molecule has 0 amide bonds. The van der Waals surface area contributed by atoms with Crippen LogP contribution in [0.5, 0.6) is 0 Å². The van der Waals surface area contributed by atoms with Crippen LogP contribution in [0.15, 0.2) is 0 Å². The van der Waals surface area contributed by atoms with E-state index < -0.39 is 0 Å². The van der Waals surface area contributed by atoms with E-state index in [1.807, 2.05) is 0 Å². The van der Waals surface area contributed by atoms with Gasteiger partial charge in [-0.3, -0.25) is 4.90 Å². The SMILES string of the molecule is CC1(C)CCN(C(C)(C)C)CCN1. The molecule has 2 nitrogen and oxygen atoms in total. The van der Waals surface area contributed by atoms with Crippen molar-refractivity contribution in [1.82, 2.24) is 10.2 Å². The van der Waals surface area contributed by atoms with Crippen molar-refractivity contribution >= 4 is 0 Å². The topological polar surface area (TPSA) is 15.3 Å². The molecule has 1 rings (SSSR count). The lowest BCUT2D eigenvalue weighted by molar-refractivity contribution is 0.144. The third-order valence-corrected chi connectivity index (χ3v) is 2.94. The monoisotopic (exact) mass is 184 g/mol. The summed E-state index contributed by atoms with van der Waals surface area (Å²) in [5.74, 6) is 0. The smallest absolute Gasteiger partial charge is 0.0137 e. The van der Waals surface area contributed by atoms with E-state index in [4.69, 9.17) is 0 Å². The largest absolute Gasteiger partial charge is 0.310 e. The van der Waals surface area contributed by atoms with Crippen LogP contribution in [0.4, 0.5) is 0 Å². The highest BCUT2D eigenvalue weighted by atomic mass is 15.2. The fourth-order valence-corrected chi connectivity index (χ4v) is 1.81. The third kappa shape index (κ3) is 3.28. The van der Waals surface area contributed by atoms with Crippen molar-refractivity contribution in [3.63, 3.8) is 0 Å². The second-order valence-electron chi connectivity index (χ2n) is 5.72.